The van der Waals surface area contributed by atoms with Crippen LogP contribution in [0.25, 0.3) is 0 Å². The highest BCUT2D eigenvalue weighted by Crippen LogP contribution is 2.29. The van der Waals surface area contributed by atoms with Gasteiger partial charge in [-0.1, -0.05) is 20.8 Å². The van der Waals surface area contributed by atoms with Crippen LogP contribution in [0.3, 0.4) is 0 Å². The second-order valence-electron chi connectivity index (χ2n) is 5.56. The summed E-state index contributed by atoms with van der Waals surface area (Å²) in [5, 5.41) is 0. The first-order chi connectivity index (χ1) is 9.35. The van der Waals surface area contributed by atoms with E-state index in [2.05, 4.69) is 0 Å². The zero-order valence-corrected chi connectivity index (χ0v) is 11.7. The number of alkyl halides is 3. The second-order valence-corrected chi connectivity index (χ2v) is 5.56. The summed E-state index contributed by atoms with van der Waals surface area (Å²) in [6.07, 6.45) is -4.83. The zero-order valence-electron chi connectivity index (χ0n) is 11.7. The van der Waals surface area contributed by atoms with E-state index in [1.54, 1.807) is 0 Å². The van der Waals surface area contributed by atoms with E-state index in [0.717, 1.165) is 0 Å². The Morgan fingerprint density at radius 1 is 1.19 bits per heavy atom. The molecule has 0 aromatic carbocycles. The summed E-state index contributed by atoms with van der Waals surface area (Å²) in [5.41, 5.74) is 0.899. The Hall–Kier alpha value is -2.12. The molecule has 1 aromatic rings. The third-order valence-corrected chi connectivity index (χ3v) is 2.87. The van der Waals surface area contributed by atoms with Crippen molar-refractivity contribution in [3.05, 3.63) is 33.7 Å². The maximum absolute atomic E-state index is 12.9. The summed E-state index contributed by atoms with van der Waals surface area (Å²) in [5.74, 6) is -1.72. The lowest BCUT2D eigenvalue weighted by molar-refractivity contribution is -0.145. The molecule has 0 unspecified atom stereocenters. The number of ketones is 1. The van der Waals surface area contributed by atoms with E-state index >= 15 is 0 Å². The van der Waals surface area contributed by atoms with Crippen LogP contribution < -0.4 is 11.3 Å². The lowest BCUT2D eigenvalue weighted by Crippen LogP contribution is -2.37. The van der Waals surface area contributed by atoms with Gasteiger partial charge in [-0.25, -0.2) is 0 Å². The number of hydrogen-bond donors (Lipinski definition) is 1. The van der Waals surface area contributed by atoms with Crippen molar-refractivity contribution in [3.63, 3.8) is 0 Å². The van der Waals surface area contributed by atoms with Crippen molar-refractivity contribution in [3.8, 4) is 0 Å². The van der Waals surface area contributed by atoms with Crippen LogP contribution in [-0.2, 0) is 17.5 Å². The fourth-order valence-electron chi connectivity index (χ4n) is 1.55. The summed E-state index contributed by atoms with van der Waals surface area (Å²) in [6.45, 7) is 3.78. The number of hydrogen-bond acceptors (Lipinski definition) is 3. The average molecular weight is 304 g/mol. The van der Waals surface area contributed by atoms with E-state index in [1.165, 1.54) is 20.8 Å². The Balaban J connectivity index is 3.52. The number of halogens is 3. The first-order valence-corrected chi connectivity index (χ1v) is 6.00. The van der Waals surface area contributed by atoms with Crippen LogP contribution in [0, 0.1) is 5.41 Å². The molecule has 0 saturated carbocycles. The number of carbonyl (C=O) groups excluding carboxylic acids is 2. The van der Waals surface area contributed by atoms with Gasteiger partial charge in [-0.15, -0.1) is 0 Å². The molecule has 0 saturated heterocycles. The Labute approximate surface area is 118 Å². The van der Waals surface area contributed by atoms with E-state index in [1.807, 2.05) is 0 Å². The number of Topliss-reactive ketones (excluding diaryl/α,β-unsaturated/α-hetero) is 1. The van der Waals surface area contributed by atoms with Crippen LogP contribution in [0.1, 0.15) is 36.8 Å². The first kappa shape index (κ1) is 16.9. The van der Waals surface area contributed by atoms with Crippen molar-refractivity contribution in [1.29, 1.82) is 0 Å². The molecular weight excluding hydrogens is 289 g/mol. The quantitative estimate of drug-likeness (QED) is 0.920. The molecule has 5 nitrogen and oxygen atoms in total. The largest absolute Gasteiger partial charge is 0.431 e. The van der Waals surface area contributed by atoms with E-state index in [4.69, 9.17) is 5.73 Å². The van der Waals surface area contributed by atoms with Gasteiger partial charge >= 0.3 is 6.18 Å². The predicted molar refractivity (Wildman–Crippen MR) is 68.7 cm³/mol. The molecule has 0 aliphatic heterocycles. The van der Waals surface area contributed by atoms with E-state index in [0.29, 0.717) is 12.1 Å². The van der Waals surface area contributed by atoms with Crippen LogP contribution in [0.5, 0.6) is 0 Å². The standard InChI is InChI=1S/C13H15F3N2O3/c1-12(2,3)9(19)6-18-8(13(14,15)16)5-4-7(10(17)20)11(18)21/h4-5H,6H2,1-3H3,(H2,17,20). The van der Waals surface area contributed by atoms with Gasteiger partial charge in [0, 0.05) is 5.41 Å². The summed E-state index contributed by atoms with van der Waals surface area (Å²) < 4.78 is 39.0. The molecular formula is C13H15F3N2O3. The minimum Gasteiger partial charge on any atom is -0.365 e. The van der Waals surface area contributed by atoms with Crippen LogP contribution in [0.4, 0.5) is 13.2 Å². The summed E-state index contributed by atoms with van der Waals surface area (Å²) in [6, 6.07) is 1.28. The molecule has 1 rings (SSSR count). The third kappa shape index (κ3) is 3.71. The Morgan fingerprint density at radius 2 is 1.71 bits per heavy atom. The van der Waals surface area contributed by atoms with Crippen LogP contribution in [0.2, 0.25) is 0 Å². The van der Waals surface area contributed by atoms with Gasteiger partial charge in [-0.05, 0) is 12.1 Å². The lowest BCUT2D eigenvalue weighted by atomic mass is 9.90. The summed E-state index contributed by atoms with van der Waals surface area (Å²) in [7, 11) is 0. The lowest BCUT2D eigenvalue weighted by Gasteiger charge is -2.20. The molecule has 0 spiro atoms. The van der Waals surface area contributed by atoms with E-state index in [-0.39, 0.29) is 4.57 Å². The second kappa shape index (κ2) is 5.34. The van der Waals surface area contributed by atoms with E-state index < -0.39 is 46.6 Å². The number of carbonyl (C=O) groups is 2. The SMILES string of the molecule is CC(C)(C)C(=O)Cn1c(C(F)(F)F)ccc(C(N)=O)c1=O. The number of amides is 1. The van der Waals surface area contributed by atoms with Crippen molar-refractivity contribution in [1.82, 2.24) is 4.57 Å². The van der Waals surface area contributed by atoms with Gasteiger partial charge in [-0.2, -0.15) is 13.2 Å². The molecule has 8 heteroatoms. The topological polar surface area (TPSA) is 82.2 Å². The van der Waals surface area contributed by atoms with Crippen LogP contribution >= 0.6 is 0 Å². The molecule has 2 N–H and O–H groups in total. The highest BCUT2D eigenvalue weighted by atomic mass is 19.4. The Morgan fingerprint density at radius 3 is 2.10 bits per heavy atom. The highest BCUT2D eigenvalue weighted by Gasteiger charge is 2.36. The first-order valence-electron chi connectivity index (χ1n) is 6.00. The predicted octanol–water partition coefficient (Wildman–Crippen LogP) is 1.58. The van der Waals surface area contributed by atoms with Crippen molar-refractivity contribution in [2.24, 2.45) is 11.1 Å². The maximum Gasteiger partial charge on any atom is 0.431 e. The number of aromatic nitrogens is 1. The number of rotatable bonds is 3. The van der Waals surface area contributed by atoms with Crippen molar-refractivity contribution < 1.29 is 22.8 Å². The number of nitrogens with zero attached hydrogens (tertiary/aromatic N) is 1. The molecule has 0 aliphatic rings. The minimum absolute atomic E-state index is 0.244. The fourth-order valence-corrected chi connectivity index (χ4v) is 1.55. The zero-order chi connectivity index (χ0) is 16.6. The van der Waals surface area contributed by atoms with Crippen molar-refractivity contribution in [2.75, 3.05) is 0 Å². The molecule has 0 aliphatic carbocycles. The minimum atomic E-state index is -4.83. The summed E-state index contributed by atoms with van der Waals surface area (Å²) >= 11 is 0. The molecule has 0 radical (unpaired) electrons. The molecule has 1 heterocycles. The third-order valence-electron chi connectivity index (χ3n) is 2.87. The molecule has 1 aromatic heterocycles. The number of primary amides is 1. The normalized spacial score (nSPS) is 12.3. The fraction of sp³-hybridized carbons (Fsp3) is 0.462. The average Bonchev–Trinajstić information content (AvgIpc) is 2.28. The van der Waals surface area contributed by atoms with Crippen molar-refractivity contribution >= 4 is 11.7 Å². The molecule has 0 bridgehead atoms. The summed E-state index contributed by atoms with van der Waals surface area (Å²) in [4.78, 5) is 34.9. The molecule has 21 heavy (non-hydrogen) atoms. The van der Waals surface area contributed by atoms with Gasteiger partial charge in [0.05, 0.1) is 6.54 Å². The smallest absolute Gasteiger partial charge is 0.365 e. The Kier molecular flexibility index (Phi) is 4.31. The molecule has 0 fully saturated rings. The molecule has 0 atom stereocenters. The molecule has 116 valence electrons. The van der Waals surface area contributed by atoms with Crippen LogP contribution in [0.15, 0.2) is 16.9 Å². The maximum atomic E-state index is 12.9. The van der Waals surface area contributed by atoms with Gasteiger partial charge in [0.2, 0.25) is 0 Å². The molecule has 1 amide bonds. The van der Waals surface area contributed by atoms with E-state index in [9.17, 15) is 27.6 Å². The van der Waals surface area contributed by atoms with Gasteiger partial charge in [0.1, 0.15) is 11.3 Å². The van der Waals surface area contributed by atoms with Gasteiger partial charge in [0.15, 0.2) is 5.78 Å². The van der Waals surface area contributed by atoms with Crippen LogP contribution in [-0.4, -0.2) is 16.3 Å². The monoisotopic (exact) mass is 304 g/mol. The number of pyridine rings is 1. The van der Waals surface area contributed by atoms with Gasteiger partial charge in [-0.3, -0.25) is 19.0 Å². The van der Waals surface area contributed by atoms with Gasteiger partial charge in [0.25, 0.3) is 11.5 Å². The number of nitrogens with two attached hydrogens (primary N) is 1. The highest BCUT2D eigenvalue weighted by molar-refractivity contribution is 5.92. The van der Waals surface area contributed by atoms with Crippen molar-refractivity contribution in [2.45, 2.75) is 33.5 Å². The Bertz CT molecular complexity index is 640. The van der Waals surface area contributed by atoms with Gasteiger partial charge < -0.3 is 5.73 Å².